The van der Waals surface area contributed by atoms with Crippen molar-refractivity contribution < 1.29 is 14.3 Å². The monoisotopic (exact) mass is 388 g/mol. The molecular weight excluding hydrogens is 368 g/mol. The van der Waals surface area contributed by atoms with Gasteiger partial charge in [-0.15, -0.1) is 0 Å². The van der Waals surface area contributed by atoms with E-state index in [-0.39, 0.29) is 18.1 Å². The van der Waals surface area contributed by atoms with Gasteiger partial charge in [0.25, 0.3) is 0 Å². The number of carbonyl (C=O) groups excluding carboxylic acids is 2. The smallest absolute Gasteiger partial charge is 0.344 e. The Bertz CT molecular complexity index is 1220. The first-order chi connectivity index (χ1) is 14.1. The number of hydrogen-bond donors (Lipinski definition) is 1. The van der Waals surface area contributed by atoms with Crippen LogP contribution in [0.3, 0.4) is 0 Å². The summed E-state index contributed by atoms with van der Waals surface area (Å²) in [6, 6.07) is 17.2. The second kappa shape index (κ2) is 7.71. The summed E-state index contributed by atoms with van der Waals surface area (Å²) in [7, 11) is 0. The van der Waals surface area contributed by atoms with Crippen molar-refractivity contribution in [3.05, 3.63) is 65.7 Å². The number of nitrogens with one attached hydrogen (secondary N) is 1. The maximum Gasteiger partial charge on any atom is 0.344 e. The highest BCUT2D eigenvalue weighted by molar-refractivity contribution is 6.11. The zero-order chi connectivity index (χ0) is 20.4. The van der Waals surface area contributed by atoms with Gasteiger partial charge in [-0.2, -0.15) is 0 Å². The predicted octanol–water partition coefficient (Wildman–Crippen LogP) is 3.77. The van der Waals surface area contributed by atoms with Crippen molar-refractivity contribution in [2.75, 3.05) is 11.9 Å². The van der Waals surface area contributed by atoms with Crippen LogP contribution in [0, 0.1) is 0 Å². The van der Waals surface area contributed by atoms with E-state index >= 15 is 0 Å². The van der Waals surface area contributed by atoms with Crippen LogP contribution in [0.5, 0.6) is 0 Å². The summed E-state index contributed by atoms with van der Waals surface area (Å²) < 4.78 is 7.07. The molecule has 2 aromatic carbocycles. The van der Waals surface area contributed by atoms with E-state index in [0.29, 0.717) is 34.6 Å². The number of amides is 1. The van der Waals surface area contributed by atoms with Crippen molar-refractivity contribution in [3.63, 3.8) is 0 Å². The Morgan fingerprint density at radius 3 is 2.31 bits per heavy atom. The van der Waals surface area contributed by atoms with Crippen LogP contribution in [0.1, 0.15) is 29.8 Å². The van der Waals surface area contributed by atoms with Crippen molar-refractivity contribution in [2.24, 2.45) is 0 Å². The molecule has 4 rings (SSSR count). The van der Waals surface area contributed by atoms with Gasteiger partial charge in [-0.1, -0.05) is 42.5 Å². The summed E-state index contributed by atoms with van der Waals surface area (Å²) in [6.45, 7) is 3.76. The van der Waals surface area contributed by atoms with E-state index in [4.69, 9.17) is 9.72 Å². The van der Waals surface area contributed by atoms with Gasteiger partial charge in [0.1, 0.15) is 16.9 Å². The molecule has 0 saturated heterocycles. The summed E-state index contributed by atoms with van der Waals surface area (Å²) >= 11 is 0. The maximum absolute atomic E-state index is 12.8. The molecule has 0 aliphatic heterocycles. The minimum Gasteiger partial charge on any atom is -0.462 e. The molecule has 0 spiro atoms. The largest absolute Gasteiger partial charge is 0.462 e. The number of aromatic nitrogens is 3. The molecule has 0 radical (unpaired) electrons. The molecule has 0 aliphatic carbocycles. The van der Waals surface area contributed by atoms with Crippen LogP contribution >= 0.6 is 0 Å². The van der Waals surface area contributed by atoms with Crippen LogP contribution in [0.4, 0.5) is 5.82 Å². The molecule has 2 heterocycles. The molecule has 1 N–H and O–H groups in total. The fourth-order valence-corrected chi connectivity index (χ4v) is 3.31. The van der Waals surface area contributed by atoms with Gasteiger partial charge in [0.05, 0.1) is 24.2 Å². The summed E-state index contributed by atoms with van der Waals surface area (Å²) in [6.07, 6.45) is 0. The van der Waals surface area contributed by atoms with Crippen LogP contribution in [0.25, 0.3) is 22.2 Å². The van der Waals surface area contributed by atoms with Crippen molar-refractivity contribution in [2.45, 2.75) is 20.4 Å². The molecule has 7 heteroatoms. The topological polar surface area (TPSA) is 86.1 Å². The molecule has 0 saturated carbocycles. The molecule has 0 aliphatic rings. The van der Waals surface area contributed by atoms with Crippen molar-refractivity contribution in [3.8, 4) is 0 Å². The average molecular weight is 388 g/mol. The molecule has 146 valence electrons. The second-order valence-corrected chi connectivity index (χ2v) is 6.58. The summed E-state index contributed by atoms with van der Waals surface area (Å²) in [5.74, 6) is -0.500. The fraction of sp³-hybridized carbons (Fsp3) is 0.182. The Labute approximate surface area is 167 Å². The lowest BCUT2D eigenvalue weighted by molar-refractivity contribution is -0.114. The highest BCUT2D eigenvalue weighted by Crippen LogP contribution is 2.31. The number of fused-ring (bicyclic) bond motifs is 2. The van der Waals surface area contributed by atoms with Gasteiger partial charge in [-0.25, -0.2) is 14.8 Å². The van der Waals surface area contributed by atoms with E-state index in [2.05, 4.69) is 10.3 Å². The van der Waals surface area contributed by atoms with Gasteiger partial charge < -0.3 is 14.6 Å². The first-order valence-electron chi connectivity index (χ1n) is 9.36. The molecule has 4 aromatic rings. The van der Waals surface area contributed by atoms with E-state index in [1.165, 1.54) is 6.92 Å². The van der Waals surface area contributed by atoms with Crippen molar-refractivity contribution in [1.29, 1.82) is 0 Å². The number of nitrogens with zero attached hydrogens (tertiary/aromatic N) is 3. The van der Waals surface area contributed by atoms with Crippen LogP contribution in [0.2, 0.25) is 0 Å². The molecule has 0 atom stereocenters. The standard InChI is InChI=1S/C22H20N4O3/c1-3-29-22(28)18-19-21(25-17-12-8-7-11-16(17)24-19)26(20(18)23-14(2)27)13-15-9-5-4-6-10-15/h4-12H,3,13H2,1-2H3,(H,23,27). The number of ether oxygens (including phenoxy) is 1. The fourth-order valence-electron chi connectivity index (χ4n) is 3.31. The van der Waals surface area contributed by atoms with Gasteiger partial charge in [0.2, 0.25) is 5.91 Å². The summed E-state index contributed by atoms with van der Waals surface area (Å²) in [4.78, 5) is 34.2. The Hall–Kier alpha value is -3.74. The predicted molar refractivity (Wildman–Crippen MR) is 111 cm³/mol. The molecule has 29 heavy (non-hydrogen) atoms. The highest BCUT2D eigenvalue weighted by Gasteiger charge is 2.27. The van der Waals surface area contributed by atoms with Gasteiger partial charge in [-0.3, -0.25) is 4.79 Å². The van der Waals surface area contributed by atoms with Crippen molar-refractivity contribution >= 4 is 39.9 Å². The SMILES string of the molecule is CCOC(=O)c1c(NC(C)=O)n(Cc2ccccc2)c2nc3ccccc3nc12. The third kappa shape index (κ3) is 3.54. The maximum atomic E-state index is 12.8. The third-order valence-electron chi connectivity index (χ3n) is 4.51. The Morgan fingerprint density at radius 1 is 1.00 bits per heavy atom. The number of anilines is 1. The second-order valence-electron chi connectivity index (χ2n) is 6.58. The first-order valence-corrected chi connectivity index (χ1v) is 9.36. The summed E-state index contributed by atoms with van der Waals surface area (Å²) in [5, 5.41) is 2.79. The Balaban J connectivity index is 2.04. The van der Waals surface area contributed by atoms with E-state index in [1.807, 2.05) is 54.6 Å². The lowest BCUT2D eigenvalue weighted by Gasteiger charge is -2.12. The van der Waals surface area contributed by atoms with Crippen LogP contribution < -0.4 is 5.32 Å². The quantitative estimate of drug-likeness (QED) is 0.526. The van der Waals surface area contributed by atoms with E-state index < -0.39 is 5.97 Å². The Kier molecular flexibility index (Phi) is 4.95. The normalized spacial score (nSPS) is 11.0. The minimum absolute atomic E-state index is 0.213. The van der Waals surface area contributed by atoms with E-state index in [1.54, 1.807) is 11.5 Å². The molecule has 0 unspecified atom stereocenters. The van der Waals surface area contributed by atoms with Crippen molar-refractivity contribution in [1.82, 2.24) is 14.5 Å². The zero-order valence-corrected chi connectivity index (χ0v) is 16.2. The van der Waals surface area contributed by atoms with Crippen LogP contribution in [-0.2, 0) is 16.1 Å². The van der Waals surface area contributed by atoms with Gasteiger partial charge in [-0.05, 0) is 24.6 Å². The number of hydrogen-bond acceptors (Lipinski definition) is 5. The van der Waals surface area contributed by atoms with Crippen LogP contribution in [-0.4, -0.2) is 33.0 Å². The third-order valence-corrected chi connectivity index (χ3v) is 4.51. The molecule has 1 amide bonds. The number of rotatable bonds is 5. The summed E-state index contributed by atoms with van der Waals surface area (Å²) in [5.41, 5.74) is 3.50. The lowest BCUT2D eigenvalue weighted by atomic mass is 10.2. The Morgan fingerprint density at radius 2 is 1.66 bits per heavy atom. The highest BCUT2D eigenvalue weighted by atomic mass is 16.5. The number of esters is 1. The number of carbonyl (C=O) groups is 2. The lowest BCUT2D eigenvalue weighted by Crippen LogP contribution is -2.16. The van der Waals surface area contributed by atoms with E-state index in [9.17, 15) is 9.59 Å². The molecule has 7 nitrogen and oxygen atoms in total. The van der Waals surface area contributed by atoms with Gasteiger partial charge >= 0.3 is 5.97 Å². The average Bonchev–Trinajstić information content (AvgIpc) is 2.99. The molecule has 2 aromatic heterocycles. The number of para-hydroxylation sites is 2. The number of benzene rings is 2. The van der Waals surface area contributed by atoms with E-state index in [0.717, 1.165) is 5.56 Å². The minimum atomic E-state index is -0.544. The van der Waals surface area contributed by atoms with Crippen LogP contribution in [0.15, 0.2) is 54.6 Å². The molecular formula is C22H20N4O3. The first kappa shape index (κ1) is 18.6. The van der Waals surface area contributed by atoms with Gasteiger partial charge in [0, 0.05) is 6.92 Å². The molecule has 0 bridgehead atoms. The molecule has 0 fully saturated rings. The zero-order valence-electron chi connectivity index (χ0n) is 16.2. The van der Waals surface area contributed by atoms with Gasteiger partial charge in [0.15, 0.2) is 5.65 Å².